The lowest BCUT2D eigenvalue weighted by atomic mass is 10.1. The fourth-order valence-electron chi connectivity index (χ4n) is 2.08. The van der Waals surface area contributed by atoms with E-state index < -0.39 is 0 Å². The Hall–Kier alpha value is -1.16. The Kier molecular flexibility index (Phi) is 5.97. The molecule has 0 spiro atoms. The van der Waals surface area contributed by atoms with Crippen molar-refractivity contribution in [3.63, 3.8) is 0 Å². The molecule has 0 N–H and O–H groups in total. The van der Waals surface area contributed by atoms with Crippen molar-refractivity contribution in [3.8, 4) is 0 Å². The number of hydrogen-bond acceptors (Lipinski definition) is 2. The maximum absolute atomic E-state index is 12.1. The van der Waals surface area contributed by atoms with E-state index in [0.717, 1.165) is 17.6 Å². The van der Waals surface area contributed by atoms with E-state index in [4.69, 9.17) is 11.6 Å². The first-order valence-corrected chi connectivity index (χ1v) is 7.93. The quantitative estimate of drug-likeness (QED) is 0.684. The van der Waals surface area contributed by atoms with Crippen molar-refractivity contribution in [1.82, 2.24) is 4.90 Å². The molecule has 4 heteroatoms. The maximum Gasteiger partial charge on any atom is 0.164 e. The Morgan fingerprint density at radius 3 is 2.57 bits per heavy atom. The number of carbonyl (C=O) groups excluding carboxylic acids is 1. The molecule has 2 nitrogen and oxygen atoms in total. The van der Waals surface area contributed by atoms with E-state index in [1.165, 1.54) is 5.56 Å². The third-order valence-corrected chi connectivity index (χ3v) is 4.00. The zero-order chi connectivity index (χ0) is 15.2. The molecule has 0 saturated heterocycles. The molecule has 110 valence electrons. The van der Waals surface area contributed by atoms with Crippen LogP contribution in [0.15, 0.2) is 53.0 Å². The number of hydrogen-bond donors (Lipinski definition) is 0. The molecule has 0 saturated carbocycles. The van der Waals surface area contributed by atoms with Crippen LogP contribution in [0.5, 0.6) is 0 Å². The van der Waals surface area contributed by atoms with E-state index in [2.05, 4.69) is 33.0 Å². The van der Waals surface area contributed by atoms with Gasteiger partial charge >= 0.3 is 0 Å². The zero-order valence-corrected chi connectivity index (χ0v) is 14.2. The lowest BCUT2D eigenvalue weighted by Gasteiger charge is -2.16. The zero-order valence-electron chi connectivity index (χ0n) is 11.9. The van der Waals surface area contributed by atoms with Gasteiger partial charge < -0.3 is 4.90 Å². The number of rotatable bonds is 6. The molecule has 0 aliphatic carbocycles. The minimum atomic E-state index is 0.125. The van der Waals surface area contributed by atoms with Crippen LogP contribution in [-0.4, -0.2) is 24.3 Å². The van der Waals surface area contributed by atoms with Crippen molar-refractivity contribution in [2.24, 2.45) is 0 Å². The molecule has 0 aliphatic heterocycles. The van der Waals surface area contributed by atoms with Gasteiger partial charge in [-0.15, -0.1) is 0 Å². The van der Waals surface area contributed by atoms with E-state index >= 15 is 0 Å². The molecule has 2 rings (SSSR count). The minimum absolute atomic E-state index is 0.125. The molecule has 21 heavy (non-hydrogen) atoms. The Morgan fingerprint density at radius 2 is 1.90 bits per heavy atom. The highest BCUT2D eigenvalue weighted by Crippen LogP contribution is 2.14. The molecule has 2 aromatic carbocycles. The average molecular weight is 367 g/mol. The van der Waals surface area contributed by atoms with Gasteiger partial charge in [-0.1, -0.05) is 51.8 Å². The highest BCUT2D eigenvalue weighted by atomic mass is 79.9. The second-order valence-electron chi connectivity index (χ2n) is 5.05. The molecule has 0 bridgehead atoms. The maximum atomic E-state index is 12.1. The van der Waals surface area contributed by atoms with Crippen LogP contribution in [0.1, 0.15) is 22.3 Å². The van der Waals surface area contributed by atoms with E-state index in [1.54, 1.807) is 18.2 Å². The van der Waals surface area contributed by atoms with Crippen molar-refractivity contribution in [2.75, 3.05) is 13.6 Å². The van der Waals surface area contributed by atoms with Crippen LogP contribution < -0.4 is 0 Å². The standard InChI is InChI=1S/C17H17BrClNO/c1-20(12-13-5-7-15(18)8-6-13)10-9-17(21)14-3-2-4-16(19)11-14/h2-8,11H,9-10,12H2,1H3. The molecule has 0 atom stereocenters. The number of nitrogens with zero attached hydrogens (tertiary/aromatic N) is 1. The Labute approximate surface area is 138 Å². The highest BCUT2D eigenvalue weighted by molar-refractivity contribution is 9.10. The van der Waals surface area contributed by atoms with Crippen molar-refractivity contribution >= 4 is 33.3 Å². The van der Waals surface area contributed by atoms with Crippen LogP contribution in [0.3, 0.4) is 0 Å². The summed E-state index contributed by atoms with van der Waals surface area (Å²) in [4.78, 5) is 14.3. The van der Waals surface area contributed by atoms with Crippen molar-refractivity contribution in [3.05, 3.63) is 69.2 Å². The summed E-state index contributed by atoms with van der Waals surface area (Å²) in [6, 6.07) is 15.3. The van der Waals surface area contributed by atoms with Gasteiger partial charge in [-0.25, -0.2) is 0 Å². The number of Topliss-reactive ketones (excluding diaryl/α,β-unsaturated/α-hetero) is 1. The van der Waals surface area contributed by atoms with E-state index in [9.17, 15) is 4.79 Å². The molecule has 2 aromatic rings. The Bertz CT molecular complexity index is 612. The van der Waals surface area contributed by atoms with Crippen molar-refractivity contribution in [1.29, 1.82) is 0 Å². The first-order chi connectivity index (χ1) is 10.0. The minimum Gasteiger partial charge on any atom is -0.302 e. The summed E-state index contributed by atoms with van der Waals surface area (Å²) >= 11 is 9.33. The molecule has 0 amide bonds. The predicted molar refractivity (Wildman–Crippen MR) is 90.9 cm³/mol. The summed E-state index contributed by atoms with van der Waals surface area (Å²) in [5, 5.41) is 0.601. The molecule has 0 heterocycles. The van der Waals surface area contributed by atoms with Crippen LogP contribution in [-0.2, 0) is 6.54 Å². The molecule has 0 aromatic heterocycles. The monoisotopic (exact) mass is 365 g/mol. The number of ketones is 1. The summed E-state index contributed by atoms with van der Waals surface area (Å²) in [5.74, 6) is 0.125. The van der Waals surface area contributed by atoms with E-state index in [0.29, 0.717) is 17.0 Å². The lowest BCUT2D eigenvalue weighted by Crippen LogP contribution is -2.21. The van der Waals surface area contributed by atoms with E-state index in [-0.39, 0.29) is 5.78 Å². The smallest absolute Gasteiger partial charge is 0.164 e. The van der Waals surface area contributed by atoms with Gasteiger partial charge in [0.05, 0.1) is 0 Å². The van der Waals surface area contributed by atoms with Crippen LogP contribution >= 0.6 is 27.5 Å². The Balaban J connectivity index is 1.84. The van der Waals surface area contributed by atoms with Gasteiger partial charge in [0, 0.05) is 34.6 Å². The number of carbonyl (C=O) groups is 1. The second kappa shape index (κ2) is 7.74. The van der Waals surface area contributed by atoms with Gasteiger partial charge in [0.15, 0.2) is 5.78 Å². The van der Waals surface area contributed by atoms with Gasteiger partial charge in [0.2, 0.25) is 0 Å². The van der Waals surface area contributed by atoms with E-state index in [1.807, 2.05) is 25.2 Å². The molecule has 0 aliphatic rings. The van der Waals surface area contributed by atoms with Gasteiger partial charge in [-0.2, -0.15) is 0 Å². The fraction of sp³-hybridized carbons (Fsp3) is 0.235. The summed E-state index contributed by atoms with van der Waals surface area (Å²) in [6.07, 6.45) is 0.493. The van der Waals surface area contributed by atoms with Crippen molar-refractivity contribution < 1.29 is 4.79 Å². The van der Waals surface area contributed by atoms with Crippen LogP contribution in [0, 0.1) is 0 Å². The fourth-order valence-corrected chi connectivity index (χ4v) is 2.53. The molecular weight excluding hydrogens is 350 g/mol. The third kappa shape index (κ3) is 5.27. The van der Waals surface area contributed by atoms with Crippen LogP contribution in [0.4, 0.5) is 0 Å². The average Bonchev–Trinajstić information content (AvgIpc) is 2.47. The predicted octanol–water partition coefficient (Wildman–Crippen LogP) is 4.81. The van der Waals surface area contributed by atoms with Crippen LogP contribution in [0.2, 0.25) is 5.02 Å². The summed E-state index contributed by atoms with van der Waals surface area (Å²) in [5.41, 5.74) is 1.91. The topological polar surface area (TPSA) is 20.3 Å². The highest BCUT2D eigenvalue weighted by Gasteiger charge is 2.08. The summed E-state index contributed by atoms with van der Waals surface area (Å²) < 4.78 is 1.07. The summed E-state index contributed by atoms with van der Waals surface area (Å²) in [6.45, 7) is 1.55. The first-order valence-electron chi connectivity index (χ1n) is 6.76. The molecular formula is C17H17BrClNO. The number of benzene rings is 2. The molecule has 0 radical (unpaired) electrons. The van der Waals surface area contributed by atoms with Gasteiger partial charge in [-0.3, -0.25) is 4.79 Å². The molecule has 0 unspecified atom stereocenters. The van der Waals surface area contributed by atoms with Crippen molar-refractivity contribution in [2.45, 2.75) is 13.0 Å². The van der Waals surface area contributed by atoms with Gasteiger partial charge in [0.25, 0.3) is 0 Å². The lowest BCUT2D eigenvalue weighted by molar-refractivity contribution is 0.0968. The van der Waals surface area contributed by atoms with Crippen LogP contribution in [0.25, 0.3) is 0 Å². The SMILES string of the molecule is CN(CCC(=O)c1cccc(Cl)c1)Cc1ccc(Br)cc1. The molecule has 0 fully saturated rings. The number of halogens is 2. The third-order valence-electron chi connectivity index (χ3n) is 3.23. The van der Waals surface area contributed by atoms with Gasteiger partial charge in [-0.05, 0) is 36.9 Å². The largest absolute Gasteiger partial charge is 0.302 e. The Morgan fingerprint density at radius 1 is 1.19 bits per heavy atom. The first kappa shape index (κ1) is 16.2. The normalized spacial score (nSPS) is 10.9. The van der Waals surface area contributed by atoms with Gasteiger partial charge in [0.1, 0.15) is 0 Å². The summed E-state index contributed by atoms with van der Waals surface area (Å²) in [7, 11) is 2.02. The second-order valence-corrected chi connectivity index (χ2v) is 6.40.